The van der Waals surface area contributed by atoms with E-state index in [2.05, 4.69) is 11.2 Å². The third kappa shape index (κ3) is 3.95. The maximum Gasteiger partial charge on any atom is 0.228 e. The highest BCUT2D eigenvalue weighted by atomic mass is 32.2. The number of ether oxygens (including phenoxy) is 1. The van der Waals surface area contributed by atoms with E-state index in [0.717, 1.165) is 6.07 Å². The molecule has 1 aromatic rings. The molecule has 0 saturated carbocycles. The van der Waals surface area contributed by atoms with Gasteiger partial charge in [0.1, 0.15) is 18.2 Å². The smallest absolute Gasteiger partial charge is 0.228 e. The van der Waals surface area contributed by atoms with Gasteiger partial charge >= 0.3 is 0 Å². The van der Waals surface area contributed by atoms with Crippen LogP contribution in [0.2, 0.25) is 0 Å². The third-order valence-electron chi connectivity index (χ3n) is 3.12. The van der Waals surface area contributed by atoms with E-state index in [1.165, 1.54) is 12.1 Å². The number of hydrogen-bond acceptors (Lipinski definition) is 4. The lowest BCUT2D eigenvalue weighted by Gasteiger charge is -2.13. The van der Waals surface area contributed by atoms with Gasteiger partial charge in [0.25, 0.3) is 0 Å². The second kappa shape index (κ2) is 6.14. The molecule has 1 fully saturated rings. The number of amides is 1. The van der Waals surface area contributed by atoms with Gasteiger partial charge in [-0.2, -0.15) is 0 Å². The van der Waals surface area contributed by atoms with Crippen molar-refractivity contribution in [3.63, 3.8) is 0 Å². The van der Waals surface area contributed by atoms with Gasteiger partial charge in [0, 0.05) is 6.07 Å². The van der Waals surface area contributed by atoms with Crippen LogP contribution in [0.25, 0.3) is 0 Å². The minimum atomic E-state index is -3.14. The summed E-state index contributed by atoms with van der Waals surface area (Å²) < 4.78 is 41.1. The number of carbonyl (C=O) groups excluding carboxylic acids is 1. The molecule has 1 aliphatic heterocycles. The van der Waals surface area contributed by atoms with Gasteiger partial charge in [-0.15, -0.1) is 6.42 Å². The van der Waals surface area contributed by atoms with Crippen molar-refractivity contribution in [2.75, 3.05) is 23.4 Å². The first kappa shape index (κ1) is 15.3. The summed E-state index contributed by atoms with van der Waals surface area (Å²) in [7, 11) is -3.14. The van der Waals surface area contributed by atoms with Crippen LogP contribution in [0.15, 0.2) is 18.2 Å². The Kier molecular flexibility index (Phi) is 4.48. The molecule has 1 heterocycles. The predicted octanol–water partition coefficient (Wildman–Crippen LogP) is 1.21. The quantitative estimate of drug-likeness (QED) is 0.848. The highest BCUT2D eigenvalue weighted by Gasteiger charge is 2.33. The summed E-state index contributed by atoms with van der Waals surface area (Å²) in [5.74, 6) is 0.657. The molecule has 1 aromatic carbocycles. The lowest BCUT2D eigenvalue weighted by atomic mass is 10.1. The van der Waals surface area contributed by atoms with Gasteiger partial charge in [-0.1, -0.05) is 5.92 Å². The van der Waals surface area contributed by atoms with E-state index in [1.807, 2.05) is 0 Å². The molecule has 21 heavy (non-hydrogen) atoms. The highest BCUT2D eigenvalue weighted by molar-refractivity contribution is 7.91. The Labute approximate surface area is 122 Å². The summed E-state index contributed by atoms with van der Waals surface area (Å²) in [4.78, 5) is 12.0. The topological polar surface area (TPSA) is 72.5 Å². The standard InChI is InChI=1S/C14H14FNO4S/c1-2-6-20-13-8-11(15)3-4-12(13)16-14(17)10-5-7-21(18,19)9-10/h1,3-4,8,10H,5-7,9H2,(H,16,17)/t10-/m0/s1. The Morgan fingerprint density at radius 3 is 2.90 bits per heavy atom. The highest BCUT2D eigenvalue weighted by Crippen LogP contribution is 2.27. The molecule has 0 aliphatic carbocycles. The number of halogens is 1. The molecular weight excluding hydrogens is 297 g/mol. The normalized spacial score (nSPS) is 19.7. The van der Waals surface area contributed by atoms with E-state index in [1.54, 1.807) is 0 Å². The maximum absolute atomic E-state index is 13.2. The van der Waals surface area contributed by atoms with Gasteiger partial charge in [-0.05, 0) is 18.6 Å². The van der Waals surface area contributed by atoms with Gasteiger partial charge in [0.2, 0.25) is 5.91 Å². The van der Waals surface area contributed by atoms with Crippen LogP contribution in [-0.2, 0) is 14.6 Å². The van der Waals surface area contributed by atoms with Gasteiger partial charge < -0.3 is 10.1 Å². The Morgan fingerprint density at radius 2 is 2.29 bits per heavy atom. The van der Waals surface area contributed by atoms with Crippen molar-refractivity contribution in [3.8, 4) is 18.1 Å². The maximum atomic E-state index is 13.2. The van der Waals surface area contributed by atoms with Gasteiger partial charge in [-0.3, -0.25) is 4.79 Å². The van der Waals surface area contributed by atoms with Crippen molar-refractivity contribution in [2.24, 2.45) is 5.92 Å². The summed E-state index contributed by atoms with van der Waals surface area (Å²) in [6, 6.07) is 3.63. The molecule has 5 nitrogen and oxygen atoms in total. The minimum Gasteiger partial charge on any atom is -0.479 e. The Hall–Kier alpha value is -2.07. The summed E-state index contributed by atoms with van der Waals surface area (Å²) in [5, 5.41) is 2.56. The molecule has 0 radical (unpaired) electrons. The fraction of sp³-hybridized carbons (Fsp3) is 0.357. The average Bonchev–Trinajstić information content (AvgIpc) is 2.79. The third-order valence-corrected chi connectivity index (χ3v) is 4.88. The Balaban J connectivity index is 2.12. The van der Waals surface area contributed by atoms with E-state index in [4.69, 9.17) is 11.2 Å². The van der Waals surface area contributed by atoms with Crippen LogP contribution in [0, 0.1) is 24.1 Å². The van der Waals surface area contributed by atoms with E-state index in [0.29, 0.717) is 0 Å². The molecule has 0 aromatic heterocycles. The zero-order valence-corrected chi connectivity index (χ0v) is 12.0. The molecule has 1 N–H and O–H groups in total. The zero-order chi connectivity index (χ0) is 15.5. The van der Waals surface area contributed by atoms with Gasteiger partial charge in [0.15, 0.2) is 9.84 Å². The number of anilines is 1. The van der Waals surface area contributed by atoms with Crippen LogP contribution in [0.5, 0.6) is 5.75 Å². The van der Waals surface area contributed by atoms with Crippen LogP contribution in [-0.4, -0.2) is 32.4 Å². The zero-order valence-electron chi connectivity index (χ0n) is 11.1. The van der Waals surface area contributed by atoms with E-state index < -0.39 is 27.5 Å². The average molecular weight is 311 g/mol. The summed E-state index contributed by atoms with van der Waals surface area (Å²) >= 11 is 0. The Bertz CT molecular complexity index is 693. The first-order chi connectivity index (χ1) is 9.91. The van der Waals surface area contributed by atoms with E-state index >= 15 is 0 Å². The molecule has 1 saturated heterocycles. The molecule has 0 spiro atoms. The van der Waals surface area contributed by atoms with Crippen molar-refractivity contribution in [1.29, 1.82) is 0 Å². The lowest BCUT2D eigenvalue weighted by Crippen LogP contribution is -2.24. The van der Waals surface area contributed by atoms with Crippen LogP contribution >= 0.6 is 0 Å². The first-order valence-electron chi connectivity index (χ1n) is 6.28. The number of rotatable bonds is 4. The monoisotopic (exact) mass is 311 g/mol. The summed E-state index contributed by atoms with van der Waals surface area (Å²) in [6.45, 7) is -0.0653. The predicted molar refractivity (Wildman–Crippen MR) is 76.1 cm³/mol. The van der Waals surface area contributed by atoms with Crippen LogP contribution in [0.3, 0.4) is 0 Å². The molecule has 1 amide bonds. The van der Waals surface area contributed by atoms with Crippen molar-refractivity contribution >= 4 is 21.4 Å². The van der Waals surface area contributed by atoms with Crippen LogP contribution in [0.1, 0.15) is 6.42 Å². The number of benzene rings is 1. The van der Waals surface area contributed by atoms with Crippen molar-refractivity contribution in [2.45, 2.75) is 6.42 Å². The molecule has 0 bridgehead atoms. The molecule has 2 rings (SSSR count). The van der Waals surface area contributed by atoms with Crippen molar-refractivity contribution in [1.82, 2.24) is 0 Å². The van der Waals surface area contributed by atoms with Gasteiger partial charge in [-0.25, -0.2) is 12.8 Å². The molecule has 112 valence electrons. The van der Waals surface area contributed by atoms with Crippen molar-refractivity contribution in [3.05, 3.63) is 24.0 Å². The van der Waals surface area contributed by atoms with Crippen LogP contribution < -0.4 is 10.1 Å². The summed E-state index contributed by atoms with van der Waals surface area (Å²) in [5.41, 5.74) is 0.265. The summed E-state index contributed by atoms with van der Waals surface area (Å²) in [6.07, 6.45) is 5.36. The molecule has 7 heteroatoms. The lowest BCUT2D eigenvalue weighted by molar-refractivity contribution is -0.119. The number of sulfone groups is 1. The molecule has 0 unspecified atom stereocenters. The number of nitrogens with one attached hydrogen (secondary N) is 1. The van der Waals surface area contributed by atoms with Gasteiger partial charge in [0.05, 0.1) is 23.1 Å². The fourth-order valence-corrected chi connectivity index (χ4v) is 3.82. The minimum absolute atomic E-state index is 0.00888. The SMILES string of the molecule is C#CCOc1cc(F)ccc1NC(=O)[C@H]1CCS(=O)(=O)C1. The second-order valence-electron chi connectivity index (χ2n) is 4.72. The number of carbonyl (C=O) groups is 1. The van der Waals surface area contributed by atoms with Crippen molar-refractivity contribution < 1.29 is 22.3 Å². The largest absolute Gasteiger partial charge is 0.479 e. The number of hydrogen-bond donors (Lipinski definition) is 1. The van der Waals surface area contributed by atoms with E-state index in [9.17, 15) is 17.6 Å². The molecule has 1 atom stereocenters. The number of terminal acetylenes is 1. The Morgan fingerprint density at radius 1 is 1.52 bits per heavy atom. The molecule has 1 aliphatic rings. The molecular formula is C14H14FNO4S. The van der Waals surface area contributed by atoms with E-state index in [-0.39, 0.29) is 36.0 Å². The fourth-order valence-electron chi connectivity index (χ4n) is 2.07. The van der Waals surface area contributed by atoms with Crippen LogP contribution in [0.4, 0.5) is 10.1 Å². The first-order valence-corrected chi connectivity index (χ1v) is 8.10. The second-order valence-corrected chi connectivity index (χ2v) is 6.95.